The van der Waals surface area contributed by atoms with E-state index >= 15 is 0 Å². The van der Waals surface area contributed by atoms with Gasteiger partial charge in [-0.3, -0.25) is 0 Å². The number of halogens is 1. The van der Waals surface area contributed by atoms with E-state index in [9.17, 15) is 4.39 Å². The van der Waals surface area contributed by atoms with Gasteiger partial charge in [-0.25, -0.2) is 4.39 Å². The molecule has 1 aliphatic rings. The second-order valence-electron chi connectivity index (χ2n) is 4.92. The summed E-state index contributed by atoms with van der Waals surface area (Å²) in [4.78, 5) is 3.39. The largest absolute Gasteiger partial charge is 0.366 e. The van der Waals surface area contributed by atoms with Crippen molar-refractivity contribution >= 4 is 17.0 Å². The summed E-state index contributed by atoms with van der Waals surface area (Å²) in [7, 11) is 0. The van der Waals surface area contributed by atoms with Crippen LogP contribution in [0, 0.1) is 5.82 Å². The first-order valence-corrected chi connectivity index (χ1v) is 7.44. The van der Waals surface area contributed by atoms with Gasteiger partial charge in [0.25, 0.3) is 0 Å². The van der Waals surface area contributed by atoms with Crippen molar-refractivity contribution in [1.82, 2.24) is 5.32 Å². The molecule has 100 valence electrons. The Balaban J connectivity index is 1.97. The number of hydrogen-bond acceptors (Lipinski definition) is 3. The van der Waals surface area contributed by atoms with Crippen LogP contribution in [0.5, 0.6) is 0 Å². The number of benzene rings is 1. The SMILES string of the molecule is C[C@@H]1CNCCN1c1cc(F)cc(-c2cccs2)c1. The zero-order chi connectivity index (χ0) is 13.2. The number of piperazine rings is 1. The molecule has 1 fully saturated rings. The van der Waals surface area contributed by atoms with Crippen molar-refractivity contribution in [1.29, 1.82) is 0 Å². The molecule has 0 spiro atoms. The summed E-state index contributed by atoms with van der Waals surface area (Å²) in [5, 5.41) is 5.38. The Bertz CT molecular complexity index is 553. The molecule has 1 saturated heterocycles. The van der Waals surface area contributed by atoms with Gasteiger partial charge in [0.1, 0.15) is 5.82 Å². The van der Waals surface area contributed by atoms with E-state index in [1.165, 1.54) is 0 Å². The lowest BCUT2D eigenvalue weighted by atomic mass is 10.1. The van der Waals surface area contributed by atoms with Gasteiger partial charge in [0.05, 0.1) is 0 Å². The lowest BCUT2D eigenvalue weighted by Crippen LogP contribution is -2.49. The fourth-order valence-corrected chi connectivity index (χ4v) is 3.26. The smallest absolute Gasteiger partial charge is 0.125 e. The van der Waals surface area contributed by atoms with Gasteiger partial charge in [0.2, 0.25) is 0 Å². The van der Waals surface area contributed by atoms with Crippen LogP contribution >= 0.6 is 11.3 Å². The topological polar surface area (TPSA) is 15.3 Å². The number of nitrogens with one attached hydrogen (secondary N) is 1. The molecule has 0 saturated carbocycles. The Kier molecular flexibility index (Phi) is 3.53. The molecular weight excluding hydrogens is 259 g/mol. The highest BCUT2D eigenvalue weighted by Crippen LogP contribution is 2.30. The number of nitrogens with zero attached hydrogens (tertiary/aromatic N) is 1. The Morgan fingerprint density at radius 3 is 3.00 bits per heavy atom. The van der Waals surface area contributed by atoms with Crippen LogP contribution in [0.25, 0.3) is 10.4 Å². The van der Waals surface area contributed by atoms with E-state index in [2.05, 4.69) is 23.2 Å². The summed E-state index contributed by atoms with van der Waals surface area (Å²) in [6.45, 7) is 5.00. The van der Waals surface area contributed by atoms with Gasteiger partial charge in [-0.15, -0.1) is 11.3 Å². The molecule has 4 heteroatoms. The average molecular weight is 276 g/mol. The molecule has 0 radical (unpaired) electrons. The lowest BCUT2D eigenvalue weighted by molar-refractivity contribution is 0.499. The van der Waals surface area contributed by atoms with Crippen LogP contribution in [0.4, 0.5) is 10.1 Å². The van der Waals surface area contributed by atoms with E-state index in [0.717, 1.165) is 35.8 Å². The van der Waals surface area contributed by atoms with Crippen LogP contribution in [-0.4, -0.2) is 25.7 Å². The summed E-state index contributed by atoms with van der Waals surface area (Å²) < 4.78 is 13.9. The van der Waals surface area contributed by atoms with Crippen molar-refractivity contribution in [3.05, 3.63) is 41.5 Å². The number of hydrogen-bond donors (Lipinski definition) is 1. The van der Waals surface area contributed by atoms with Crippen molar-refractivity contribution in [3.8, 4) is 10.4 Å². The molecule has 0 unspecified atom stereocenters. The molecule has 1 N–H and O–H groups in total. The van der Waals surface area contributed by atoms with Crippen LogP contribution in [0.3, 0.4) is 0 Å². The molecule has 1 aliphatic heterocycles. The maximum absolute atomic E-state index is 13.9. The zero-order valence-electron chi connectivity index (χ0n) is 10.9. The Morgan fingerprint density at radius 2 is 2.26 bits per heavy atom. The minimum Gasteiger partial charge on any atom is -0.366 e. The molecular formula is C15H17FN2S. The zero-order valence-corrected chi connectivity index (χ0v) is 11.7. The number of rotatable bonds is 2. The first-order chi connectivity index (χ1) is 9.24. The molecule has 19 heavy (non-hydrogen) atoms. The average Bonchev–Trinajstić information content (AvgIpc) is 2.92. The standard InChI is InChI=1S/C15H17FN2S/c1-11-10-17-4-5-18(11)14-8-12(7-13(16)9-14)15-3-2-6-19-15/h2-3,6-9,11,17H,4-5,10H2,1H3/t11-/m1/s1. The van der Waals surface area contributed by atoms with Crippen molar-refractivity contribution in [2.24, 2.45) is 0 Å². The second-order valence-corrected chi connectivity index (χ2v) is 5.87. The van der Waals surface area contributed by atoms with Crippen molar-refractivity contribution in [2.75, 3.05) is 24.5 Å². The molecule has 0 aliphatic carbocycles. The molecule has 2 aromatic rings. The number of thiophene rings is 1. The Labute approximate surface area is 116 Å². The molecule has 1 aromatic carbocycles. The summed E-state index contributed by atoms with van der Waals surface area (Å²) in [5.41, 5.74) is 1.95. The predicted molar refractivity (Wildman–Crippen MR) is 79.4 cm³/mol. The predicted octanol–water partition coefficient (Wildman–Crippen LogP) is 3.35. The molecule has 2 nitrogen and oxygen atoms in total. The minimum atomic E-state index is -0.161. The molecule has 1 atom stereocenters. The normalized spacial score (nSPS) is 19.7. The molecule has 1 aromatic heterocycles. The van der Waals surface area contributed by atoms with Crippen LogP contribution in [0.15, 0.2) is 35.7 Å². The molecule has 0 bridgehead atoms. The second kappa shape index (κ2) is 5.31. The van der Waals surface area contributed by atoms with Gasteiger partial charge < -0.3 is 10.2 Å². The highest BCUT2D eigenvalue weighted by Gasteiger charge is 2.19. The summed E-state index contributed by atoms with van der Waals surface area (Å²) >= 11 is 1.64. The highest BCUT2D eigenvalue weighted by atomic mass is 32.1. The van der Waals surface area contributed by atoms with Gasteiger partial charge in [0.15, 0.2) is 0 Å². The first-order valence-electron chi connectivity index (χ1n) is 6.56. The van der Waals surface area contributed by atoms with Crippen molar-refractivity contribution < 1.29 is 4.39 Å². The van der Waals surface area contributed by atoms with Gasteiger partial charge in [-0.05, 0) is 42.1 Å². The monoisotopic (exact) mass is 276 g/mol. The van der Waals surface area contributed by atoms with Gasteiger partial charge in [-0.1, -0.05) is 6.07 Å². The summed E-state index contributed by atoms with van der Waals surface area (Å²) in [5.74, 6) is -0.161. The van der Waals surface area contributed by atoms with Crippen LogP contribution in [0.2, 0.25) is 0 Å². The van der Waals surface area contributed by atoms with Crippen molar-refractivity contribution in [2.45, 2.75) is 13.0 Å². The van der Waals surface area contributed by atoms with Crippen LogP contribution in [-0.2, 0) is 0 Å². The fourth-order valence-electron chi connectivity index (χ4n) is 2.55. The minimum absolute atomic E-state index is 0.161. The first kappa shape index (κ1) is 12.6. The van der Waals surface area contributed by atoms with Gasteiger partial charge >= 0.3 is 0 Å². The van der Waals surface area contributed by atoms with Gasteiger partial charge in [0, 0.05) is 36.2 Å². The summed E-state index contributed by atoms with van der Waals surface area (Å²) in [6, 6.07) is 9.77. The third-order valence-corrected chi connectivity index (χ3v) is 4.44. The summed E-state index contributed by atoms with van der Waals surface area (Å²) in [6.07, 6.45) is 0. The Morgan fingerprint density at radius 1 is 1.37 bits per heavy atom. The van der Waals surface area contributed by atoms with Crippen LogP contribution in [0.1, 0.15) is 6.92 Å². The third-order valence-electron chi connectivity index (χ3n) is 3.52. The molecule has 0 amide bonds. The van der Waals surface area contributed by atoms with Crippen molar-refractivity contribution in [3.63, 3.8) is 0 Å². The van der Waals surface area contributed by atoms with E-state index in [-0.39, 0.29) is 5.82 Å². The lowest BCUT2D eigenvalue weighted by Gasteiger charge is -2.36. The third kappa shape index (κ3) is 2.65. The molecule has 2 heterocycles. The number of anilines is 1. The Hall–Kier alpha value is -1.39. The van der Waals surface area contributed by atoms with E-state index in [0.29, 0.717) is 6.04 Å². The van der Waals surface area contributed by atoms with Gasteiger partial charge in [-0.2, -0.15) is 0 Å². The van der Waals surface area contributed by atoms with Crippen LogP contribution < -0.4 is 10.2 Å². The maximum Gasteiger partial charge on any atom is 0.125 e. The fraction of sp³-hybridized carbons (Fsp3) is 0.333. The van der Waals surface area contributed by atoms with E-state index < -0.39 is 0 Å². The molecule has 3 rings (SSSR count). The van der Waals surface area contributed by atoms with E-state index in [1.807, 2.05) is 17.5 Å². The van der Waals surface area contributed by atoms with E-state index in [1.54, 1.807) is 23.5 Å². The quantitative estimate of drug-likeness (QED) is 0.905. The highest BCUT2D eigenvalue weighted by molar-refractivity contribution is 7.13. The maximum atomic E-state index is 13.9. The van der Waals surface area contributed by atoms with E-state index in [4.69, 9.17) is 0 Å².